The van der Waals surface area contributed by atoms with Gasteiger partial charge in [0.1, 0.15) is 12.5 Å². The van der Waals surface area contributed by atoms with Crippen LogP contribution < -0.4 is 14.4 Å². The van der Waals surface area contributed by atoms with Crippen LogP contribution in [0.3, 0.4) is 0 Å². The third kappa shape index (κ3) is 3.83. The Balaban J connectivity index is 1.92. The molecule has 28 heavy (non-hydrogen) atoms. The van der Waals surface area contributed by atoms with Crippen molar-refractivity contribution in [2.75, 3.05) is 30.6 Å². The predicted molar refractivity (Wildman–Crippen MR) is 107 cm³/mol. The summed E-state index contributed by atoms with van der Waals surface area (Å²) in [4.78, 5) is 13.9. The fourth-order valence-corrected chi connectivity index (χ4v) is 4.74. The van der Waals surface area contributed by atoms with E-state index in [-0.39, 0.29) is 17.5 Å². The quantitative estimate of drug-likeness (QED) is 0.800. The van der Waals surface area contributed by atoms with Crippen LogP contribution in [-0.4, -0.2) is 35.3 Å². The van der Waals surface area contributed by atoms with Crippen LogP contribution in [0.5, 0.6) is 5.75 Å². The van der Waals surface area contributed by atoms with Crippen LogP contribution >= 0.6 is 0 Å². The third-order valence-electron chi connectivity index (χ3n) is 4.77. The molecule has 2 aromatic rings. The van der Waals surface area contributed by atoms with Crippen molar-refractivity contribution in [3.8, 4) is 5.75 Å². The van der Waals surface area contributed by atoms with Crippen molar-refractivity contribution < 1.29 is 22.7 Å². The largest absolute Gasteiger partial charge is 0.496 e. The summed E-state index contributed by atoms with van der Waals surface area (Å²) in [6.45, 7) is 3.70. The van der Waals surface area contributed by atoms with E-state index in [2.05, 4.69) is 4.72 Å². The lowest BCUT2D eigenvalue weighted by Crippen LogP contribution is -2.36. The van der Waals surface area contributed by atoms with Gasteiger partial charge in [-0.2, -0.15) is 0 Å². The number of fused-ring (bicyclic) bond motifs is 1. The molecule has 0 saturated heterocycles. The Hall–Kier alpha value is -2.58. The van der Waals surface area contributed by atoms with Crippen LogP contribution in [0.25, 0.3) is 0 Å². The van der Waals surface area contributed by atoms with Crippen molar-refractivity contribution in [1.82, 2.24) is 0 Å². The van der Waals surface area contributed by atoms with E-state index in [9.17, 15) is 13.2 Å². The van der Waals surface area contributed by atoms with Crippen molar-refractivity contribution in [3.05, 3.63) is 47.0 Å². The van der Waals surface area contributed by atoms with E-state index in [0.717, 1.165) is 16.8 Å². The van der Waals surface area contributed by atoms with Crippen LogP contribution in [0.2, 0.25) is 0 Å². The lowest BCUT2D eigenvalue weighted by molar-refractivity contribution is -0.119. The molecule has 8 heteroatoms. The minimum absolute atomic E-state index is 0.00739. The van der Waals surface area contributed by atoms with Crippen LogP contribution in [0.1, 0.15) is 23.1 Å². The number of nitrogens with one attached hydrogen (secondary N) is 1. The van der Waals surface area contributed by atoms with Crippen molar-refractivity contribution in [3.63, 3.8) is 0 Å². The Morgan fingerprint density at radius 2 is 1.82 bits per heavy atom. The maximum atomic E-state index is 12.9. The SMILES string of the molecule is COCN1C(=O)CCc2cc(NS(=O)(=O)c3cc(C)c(OC)cc3C)ccc21. The molecule has 0 aromatic heterocycles. The Morgan fingerprint density at radius 1 is 1.07 bits per heavy atom. The topological polar surface area (TPSA) is 84.9 Å². The summed E-state index contributed by atoms with van der Waals surface area (Å²) in [5.41, 5.74) is 3.45. The highest BCUT2D eigenvalue weighted by Crippen LogP contribution is 2.32. The fourth-order valence-electron chi connectivity index (χ4n) is 3.38. The number of carbonyl (C=O) groups excluding carboxylic acids is 1. The molecular formula is C20H24N2O5S. The second kappa shape index (κ2) is 7.81. The molecule has 0 spiro atoms. The lowest BCUT2D eigenvalue weighted by Gasteiger charge is -2.29. The van der Waals surface area contributed by atoms with Crippen molar-refractivity contribution >= 4 is 27.3 Å². The maximum Gasteiger partial charge on any atom is 0.262 e. The fraction of sp³-hybridized carbons (Fsp3) is 0.350. The number of hydrogen-bond donors (Lipinski definition) is 1. The Kier molecular flexibility index (Phi) is 5.62. The summed E-state index contributed by atoms with van der Waals surface area (Å²) in [6, 6.07) is 8.49. The standard InChI is InChI=1S/C20H24N2O5S/c1-13-10-19(14(2)9-18(13)27-4)28(24,25)21-16-6-7-17-15(11-16)5-8-20(23)22(17)12-26-3/h6-7,9-11,21H,5,8,12H2,1-4H3. The van der Waals surface area contributed by atoms with Gasteiger partial charge in [-0.15, -0.1) is 0 Å². The monoisotopic (exact) mass is 404 g/mol. The number of ether oxygens (including phenoxy) is 2. The van der Waals surface area contributed by atoms with Crippen LogP contribution in [0, 0.1) is 13.8 Å². The number of hydrogen-bond acceptors (Lipinski definition) is 5. The van der Waals surface area contributed by atoms with Crippen LogP contribution in [-0.2, 0) is 26.0 Å². The molecule has 0 fully saturated rings. The average molecular weight is 404 g/mol. The van der Waals surface area contributed by atoms with Crippen LogP contribution in [0.15, 0.2) is 35.2 Å². The van der Waals surface area contributed by atoms with Gasteiger partial charge in [0.15, 0.2) is 0 Å². The molecule has 2 aromatic carbocycles. The van der Waals surface area contributed by atoms with E-state index in [4.69, 9.17) is 9.47 Å². The second-order valence-corrected chi connectivity index (χ2v) is 8.43. The number of rotatable bonds is 6. The number of sulfonamides is 1. The highest BCUT2D eigenvalue weighted by molar-refractivity contribution is 7.92. The van der Waals surface area contributed by atoms with E-state index in [1.807, 2.05) is 0 Å². The number of carbonyl (C=O) groups is 1. The van der Waals surface area contributed by atoms with Gasteiger partial charge < -0.3 is 9.47 Å². The zero-order valence-corrected chi connectivity index (χ0v) is 17.2. The average Bonchev–Trinajstić information content (AvgIpc) is 2.65. The van der Waals surface area contributed by atoms with Gasteiger partial charge in [-0.05, 0) is 67.3 Å². The molecule has 0 atom stereocenters. The molecule has 7 nitrogen and oxygen atoms in total. The summed E-state index contributed by atoms with van der Waals surface area (Å²) in [5.74, 6) is 0.639. The number of anilines is 2. The molecule has 1 amide bonds. The van der Waals surface area contributed by atoms with Gasteiger partial charge in [-0.25, -0.2) is 8.42 Å². The first kappa shape index (κ1) is 20.2. The van der Waals surface area contributed by atoms with E-state index < -0.39 is 10.0 Å². The third-order valence-corrected chi connectivity index (χ3v) is 6.30. The molecule has 150 valence electrons. The minimum atomic E-state index is -3.76. The molecule has 0 radical (unpaired) electrons. The maximum absolute atomic E-state index is 12.9. The van der Waals surface area contributed by atoms with E-state index in [0.29, 0.717) is 29.8 Å². The highest BCUT2D eigenvalue weighted by atomic mass is 32.2. The summed E-state index contributed by atoms with van der Waals surface area (Å²) < 4.78 is 38.9. The van der Waals surface area contributed by atoms with E-state index in [1.54, 1.807) is 56.2 Å². The molecule has 1 heterocycles. The van der Waals surface area contributed by atoms with Crippen molar-refractivity contribution in [2.45, 2.75) is 31.6 Å². The molecule has 0 aliphatic carbocycles. The molecule has 0 bridgehead atoms. The first-order chi connectivity index (χ1) is 13.3. The molecule has 1 aliphatic rings. The van der Waals surface area contributed by atoms with Gasteiger partial charge in [0.25, 0.3) is 10.0 Å². The van der Waals surface area contributed by atoms with Gasteiger partial charge in [-0.3, -0.25) is 14.4 Å². The van der Waals surface area contributed by atoms with Crippen molar-refractivity contribution in [2.24, 2.45) is 0 Å². The molecule has 0 saturated carbocycles. The zero-order valence-electron chi connectivity index (χ0n) is 16.4. The molecule has 3 rings (SSSR count). The minimum Gasteiger partial charge on any atom is -0.496 e. The Labute approximate surface area is 165 Å². The normalized spacial score (nSPS) is 14.0. The van der Waals surface area contributed by atoms with Crippen LogP contribution in [0.4, 0.5) is 11.4 Å². The molecule has 1 aliphatic heterocycles. The summed E-state index contributed by atoms with van der Waals surface area (Å²) in [5, 5.41) is 0. The van der Waals surface area contributed by atoms with Gasteiger partial charge in [0, 0.05) is 24.9 Å². The van der Waals surface area contributed by atoms with E-state index >= 15 is 0 Å². The highest BCUT2D eigenvalue weighted by Gasteiger charge is 2.25. The number of amides is 1. The number of benzene rings is 2. The lowest BCUT2D eigenvalue weighted by atomic mass is 10.0. The van der Waals surface area contributed by atoms with Gasteiger partial charge in [0.2, 0.25) is 5.91 Å². The number of methoxy groups -OCH3 is 2. The Morgan fingerprint density at radius 3 is 2.50 bits per heavy atom. The summed E-state index contributed by atoms with van der Waals surface area (Å²) >= 11 is 0. The van der Waals surface area contributed by atoms with Gasteiger partial charge >= 0.3 is 0 Å². The first-order valence-corrected chi connectivity index (χ1v) is 10.4. The smallest absolute Gasteiger partial charge is 0.262 e. The first-order valence-electron chi connectivity index (χ1n) is 8.87. The number of nitrogens with zero attached hydrogens (tertiary/aromatic N) is 1. The number of aryl methyl sites for hydroxylation is 3. The Bertz CT molecular complexity index is 1020. The molecule has 0 unspecified atom stereocenters. The molecular weight excluding hydrogens is 380 g/mol. The second-order valence-electron chi connectivity index (χ2n) is 6.78. The van der Waals surface area contributed by atoms with Gasteiger partial charge in [0.05, 0.1) is 12.0 Å². The zero-order chi connectivity index (χ0) is 20.5. The van der Waals surface area contributed by atoms with Crippen molar-refractivity contribution in [1.29, 1.82) is 0 Å². The summed E-state index contributed by atoms with van der Waals surface area (Å²) in [6.07, 6.45) is 0.925. The van der Waals surface area contributed by atoms with Gasteiger partial charge in [-0.1, -0.05) is 0 Å². The predicted octanol–water partition coefficient (Wildman–Crippen LogP) is 3.00. The summed E-state index contributed by atoms with van der Waals surface area (Å²) in [7, 11) is -0.678. The van der Waals surface area contributed by atoms with E-state index in [1.165, 1.54) is 7.11 Å². The molecule has 1 N–H and O–H groups in total.